The van der Waals surface area contributed by atoms with Crippen LogP contribution in [0.4, 0.5) is 0 Å². The average molecular weight is 551 g/mol. The summed E-state index contributed by atoms with van der Waals surface area (Å²) in [7, 11) is 3.03. The van der Waals surface area contributed by atoms with Crippen molar-refractivity contribution in [1.29, 1.82) is 0 Å². The molecule has 1 atom stereocenters. The third-order valence-electron chi connectivity index (χ3n) is 5.94. The van der Waals surface area contributed by atoms with Crippen LogP contribution in [0.2, 0.25) is 0 Å². The van der Waals surface area contributed by atoms with Crippen molar-refractivity contribution in [3.8, 4) is 17.2 Å². The lowest BCUT2D eigenvalue weighted by atomic mass is 9.95. The number of nitrogens with zero attached hydrogens (tertiary/aromatic N) is 2. The molecule has 0 N–H and O–H groups in total. The minimum absolute atomic E-state index is 0.125. The second-order valence-electron chi connectivity index (χ2n) is 9.35. The number of hydrogen-bond donors (Lipinski definition) is 0. The quantitative estimate of drug-likeness (QED) is 0.313. The van der Waals surface area contributed by atoms with Gasteiger partial charge in [-0.2, -0.15) is 0 Å². The summed E-state index contributed by atoms with van der Waals surface area (Å²) in [5, 5.41) is 0. The maximum Gasteiger partial charge on any atom is 0.338 e. The zero-order valence-corrected chi connectivity index (χ0v) is 23.5. The van der Waals surface area contributed by atoms with Gasteiger partial charge in [0.1, 0.15) is 5.75 Å². The molecule has 1 unspecified atom stereocenters. The SMILES string of the molecule is COc1cccc(/C=c2\sc3n(c2=O)C(c2ccc(OC(C)=O)c(OC)c2)C(C(=O)OCC(C)C)=C(C)N=3)c1. The summed E-state index contributed by atoms with van der Waals surface area (Å²) in [5.74, 6) is 0.246. The maximum atomic E-state index is 13.8. The van der Waals surface area contributed by atoms with Gasteiger partial charge < -0.3 is 18.9 Å². The zero-order valence-electron chi connectivity index (χ0n) is 22.6. The number of esters is 2. The summed E-state index contributed by atoms with van der Waals surface area (Å²) in [6.45, 7) is 7.12. The lowest BCUT2D eigenvalue weighted by molar-refractivity contribution is -0.140. The van der Waals surface area contributed by atoms with Crippen molar-refractivity contribution < 1.29 is 28.5 Å². The molecule has 0 amide bonds. The van der Waals surface area contributed by atoms with Crippen LogP contribution in [0.15, 0.2) is 63.5 Å². The van der Waals surface area contributed by atoms with Crippen molar-refractivity contribution in [1.82, 2.24) is 4.57 Å². The molecular weight excluding hydrogens is 520 g/mol. The number of carbonyl (C=O) groups excluding carboxylic acids is 2. The summed E-state index contributed by atoms with van der Waals surface area (Å²) in [6.07, 6.45) is 1.77. The Labute approximate surface area is 229 Å². The van der Waals surface area contributed by atoms with E-state index in [4.69, 9.17) is 18.9 Å². The first-order valence-corrected chi connectivity index (χ1v) is 13.1. The Morgan fingerprint density at radius 3 is 2.54 bits per heavy atom. The normalized spacial score (nSPS) is 15.1. The number of benzene rings is 2. The number of fused-ring (bicyclic) bond motifs is 1. The van der Waals surface area contributed by atoms with E-state index in [0.29, 0.717) is 26.3 Å². The number of ether oxygens (including phenoxy) is 4. The number of thiazole rings is 1. The molecule has 1 aliphatic rings. The van der Waals surface area contributed by atoms with E-state index in [1.807, 2.05) is 38.1 Å². The standard InChI is InChI=1S/C29H30N2O7S/c1-16(2)15-37-28(34)25-17(3)30-29-31(26(25)20-10-11-22(38-18(4)32)23(14-20)36-6)27(33)24(39-29)13-19-8-7-9-21(12-19)35-5/h7-14,16,26H,15H2,1-6H3/b24-13-. The fourth-order valence-electron chi connectivity index (χ4n) is 4.19. The number of allylic oxidation sites excluding steroid dienone is 1. The monoisotopic (exact) mass is 550 g/mol. The van der Waals surface area contributed by atoms with Crippen molar-refractivity contribution in [2.24, 2.45) is 10.9 Å². The van der Waals surface area contributed by atoms with Gasteiger partial charge >= 0.3 is 11.9 Å². The van der Waals surface area contributed by atoms with Crippen LogP contribution >= 0.6 is 11.3 Å². The highest BCUT2D eigenvalue weighted by Gasteiger charge is 2.34. The van der Waals surface area contributed by atoms with Crippen LogP contribution in [0.5, 0.6) is 17.2 Å². The molecule has 0 saturated carbocycles. The minimum Gasteiger partial charge on any atom is -0.497 e. The van der Waals surface area contributed by atoms with E-state index in [-0.39, 0.29) is 35.2 Å². The zero-order chi connectivity index (χ0) is 28.3. The van der Waals surface area contributed by atoms with Crippen molar-refractivity contribution in [3.05, 3.63) is 84.5 Å². The van der Waals surface area contributed by atoms with Gasteiger partial charge in [-0.05, 0) is 54.3 Å². The van der Waals surface area contributed by atoms with Crippen molar-refractivity contribution >= 4 is 29.4 Å². The summed E-state index contributed by atoms with van der Waals surface area (Å²) in [5.41, 5.74) is 1.75. The van der Waals surface area contributed by atoms with E-state index >= 15 is 0 Å². The molecule has 39 heavy (non-hydrogen) atoms. The highest BCUT2D eigenvalue weighted by atomic mass is 32.1. The van der Waals surface area contributed by atoms with Gasteiger partial charge in [0.25, 0.3) is 5.56 Å². The smallest absolute Gasteiger partial charge is 0.338 e. The topological polar surface area (TPSA) is 105 Å². The average Bonchev–Trinajstić information content (AvgIpc) is 3.20. The van der Waals surface area contributed by atoms with E-state index in [1.165, 1.54) is 29.9 Å². The second kappa shape index (κ2) is 11.7. The van der Waals surface area contributed by atoms with E-state index in [9.17, 15) is 14.4 Å². The Kier molecular flexibility index (Phi) is 8.35. The Bertz CT molecular complexity index is 1630. The molecule has 3 aromatic rings. The van der Waals surface area contributed by atoms with Crippen LogP contribution < -0.4 is 29.1 Å². The summed E-state index contributed by atoms with van der Waals surface area (Å²) in [4.78, 5) is 43.9. The predicted octanol–water partition coefficient (Wildman–Crippen LogP) is 3.38. The molecule has 2 heterocycles. The Morgan fingerprint density at radius 2 is 1.87 bits per heavy atom. The van der Waals surface area contributed by atoms with Gasteiger partial charge in [-0.1, -0.05) is 43.4 Å². The third-order valence-corrected chi connectivity index (χ3v) is 6.92. The lowest BCUT2D eigenvalue weighted by Crippen LogP contribution is -2.40. The molecule has 204 valence electrons. The van der Waals surface area contributed by atoms with Crippen LogP contribution in [-0.2, 0) is 14.3 Å². The Morgan fingerprint density at radius 1 is 1.10 bits per heavy atom. The number of carbonyl (C=O) groups is 2. The first kappa shape index (κ1) is 27.8. The molecule has 0 spiro atoms. The fraction of sp³-hybridized carbons (Fsp3) is 0.310. The van der Waals surface area contributed by atoms with Gasteiger partial charge in [-0.15, -0.1) is 0 Å². The van der Waals surface area contributed by atoms with E-state index in [1.54, 1.807) is 38.3 Å². The molecule has 2 aromatic carbocycles. The second-order valence-corrected chi connectivity index (χ2v) is 10.4. The molecule has 1 aliphatic heterocycles. The molecule has 0 saturated heterocycles. The number of hydrogen-bond acceptors (Lipinski definition) is 9. The number of methoxy groups -OCH3 is 2. The highest BCUT2D eigenvalue weighted by Crippen LogP contribution is 2.36. The Balaban J connectivity index is 1.92. The molecule has 4 rings (SSSR count). The number of aromatic nitrogens is 1. The van der Waals surface area contributed by atoms with E-state index in [0.717, 1.165) is 5.56 Å². The molecule has 0 aliphatic carbocycles. The first-order valence-electron chi connectivity index (χ1n) is 12.3. The summed E-state index contributed by atoms with van der Waals surface area (Å²) < 4.78 is 23.6. The van der Waals surface area contributed by atoms with Gasteiger partial charge in [0.05, 0.1) is 42.7 Å². The first-order chi connectivity index (χ1) is 18.6. The third kappa shape index (κ3) is 5.96. The van der Waals surface area contributed by atoms with Crippen molar-refractivity contribution in [3.63, 3.8) is 0 Å². The fourth-order valence-corrected chi connectivity index (χ4v) is 5.24. The molecular formula is C29H30N2O7S. The van der Waals surface area contributed by atoms with Crippen LogP contribution in [0.3, 0.4) is 0 Å². The van der Waals surface area contributed by atoms with Gasteiger partial charge in [0.2, 0.25) is 0 Å². The van der Waals surface area contributed by atoms with Crippen LogP contribution in [-0.4, -0.2) is 37.3 Å². The minimum atomic E-state index is -0.839. The summed E-state index contributed by atoms with van der Waals surface area (Å²) >= 11 is 1.23. The molecule has 0 bridgehead atoms. The van der Waals surface area contributed by atoms with Crippen LogP contribution in [0.25, 0.3) is 6.08 Å². The Hall–Kier alpha value is -4.18. The number of rotatable bonds is 8. The molecule has 9 nitrogen and oxygen atoms in total. The molecule has 10 heteroatoms. The van der Waals surface area contributed by atoms with Crippen LogP contribution in [0.1, 0.15) is 44.9 Å². The molecule has 0 fully saturated rings. The van der Waals surface area contributed by atoms with E-state index in [2.05, 4.69) is 4.99 Å². The molecule has 0 radical (unpaired) electrons. The van der Waals surface area contributed by atoms with E-state index < -0.39 is 18.0 Å². The van der Waals surface area contributed by atoms with Crippen molar-refractivity contribution in [2.45, 2.75) is 33.7 Å². The van der Waals surface area contributed by atoms with Gasteiger partial charge in [0, 0.05) is 6.92 Å². The largest absolute Gasteiger partial charge is 0.497 e. The summed E-state index contributed by atoms with van der Waals surface area (Å²) in [6, 6.07) is 11.4. The lowest BCUT2D eigenvalue weighted by Gasteiger charge is -2.25. The van der Waals surface area contributed by atoms with Crippen molar-refractivity contribution in [2.75, 3.05) is 20.8 Å². The maximum absolute atomic E-state index is 13.8. The van der Waals surface area contributed by atoms with Gasteiger partial charge in [0.15, 0.2) is 16.3 Å². The van der Waals surface area contributed by atoms with Gasteiger partial charge in [-0.25, -0.2) is 9.79 Å². The molecule has 1 aromatic heterocycles. The predicted molar refractivity (Wildman–Crippen MR) is 147 cm³/mol. The highest BCUT2D eigenvalue weighted by molar-refractivity contribution is 7.07. The van der Waals surface area contributed by atoms with Crippen LogP contribution in [0, 0.1) is 5.92 Å². The van der Waals surface area contributed by atoms with Gasteiger partial charge in [-0.3, -0.25) is 14.2 Å².